The van der Waals surface area contributed by atoms with E-state index < -0.39 is 36.0 Å². The van der Waals surface area contributed by atoms with Crippen LogP contribution in [0.4, 0.5) is 0 Å². The maximum absolute atomic E-state index is 11.7. The van der Waals surface area contributed by atoms with E-state index in [-0.39, 0.29) is 10.6 Å². The van der Waals surface area contributed by atoms with Gasteiger partial charge in [-0.1, -0.05) is 11.6 Å². The number of amides is 2. The van der Waals surface area contributed by atoms with Crippen molar-refractivity contribution in [3.8, 4) is 5.75 Å². The highest BCUT2D eigenvalue weighted by molar-refractivity contribution is 6.30. The second-order valence-electron chi connectivity index (χ2n) is 3.70. The Hall–Kier alpha value is -2.28. The fourth-order valence-electron chi connectivity index (χ4n) is 1.33. The van der Waals surface area contributed by atoms with Gasteiger partial charge < -0.3 is 21.3 Å². The van der Waals surface area contributed by atoms with Gasteiger partial charge in [0.15, 0.2) is 0 Å². The summed E-state index contributed by atoms with van der Waals surface area (Å²) in [5, 5.41) is 20.6. The Morgan fingerprint density at radius 2 is 2.00 bits per heavy atom. The van der Waals surface area contributed by atoms with E-state index >= 15 is 0 Å². The van der Waals surface area contributed by atoms with E-state index in [2.05, 4.69) is 5.32 Å². The molecular formula is C11H11ClN2O5. The molecule has 0 radical (unpaired) electrons. The van der Waals surface area contributed by atoms with Crippen molar-refractivity contribution >= 4 is 29.4 Å². The third kappa shape index (κ3) is 4.14. The number of carbonyl (C=O) groups is 3. The van der Waals surface area contributed by atoms with Crippen LogP contribution in [0.25, 0.3) is 0 Å². The molecule has 1 aromatic rings. The van der Waals surface area contributed by atoms with Crippen molar-refractivity contribution in [2.75, 3.05) is 0 Å². The van der Waals surface area contributed by atoms with E-state index in [1.807, 2.05) is 0 Å². The van der Waals surface area contributed by atoms with Gasteiger partial charge in [-0.2, -0.15) is 0 Å². The SMILES string of the molecule is NC(=O)CC(NC(=O)c1ccc(Cl)cc1O)C(=O)O. The molecule has 0 bridgehead atoms. The molecule has 0 heterocycles. The van der Waals surface area contributed by atoms with Crippen LogP contribution in [0.5, 0.6) is 5.75 Å². The van der Waals surface area contributed by atoms with Crippen LogP contribution in [0.3, 0.4) is 0 Å². The number of rotatable bonds is 5. The van der Waals surface area contributed by atoms with Crippen LogP contribution in [0, 0.1) is 0 Å². The van der Waals surface area contributed by atoms with Crippen molar-refractivity contribution in [1.82, 2.24) is 5.32 Å². The highest BCUT2D eigenvalue weighted by Crippen LogP contribution is 2.21. The predicted octanol–water partition coefficient (Wildman–Crippen LogP) is 0.104. The van der Waals surface area contributed by atoms with E-state index in [0.717, 1.165) is 6.07 Å². The maximum atomic E-state index is 11.7. The summed E-state index contributed by atoms with van der Waals surface area (Å²) in [6.07, 6.45) is -0.546. The first kappa shape index (κ1) is 14.8. The minimum Gasteiger partial charge on any atom is -0.507 e. The molecule has 0 saturated carbocycles. The van der Waals surface area contributed by atoms with Gasteiger partial charge in [0.1, 0.15) is 11.8 Å². The number of aliphatic carboxylic acids is 1. The molecule has 0 saturated heterocycles. The van der Waals surface area contributed by atoms with Gasteiger partial charge in [-0.25, -0.2) is 4.79 Å². The van der Waals surface area contributed by atoms with Gasteiger partial charge in [-0.15, -0.1) is 0 Å². The van der Waals surface area contributed by atoms with Crippen molar-refractivity contribution in [3.05, 3.63) is 28.8 Å². The first-order chi connectivity index (χ1) is 8.81. The molecule has 19 heavy (non-hydrogen) atoms. The summed E-state index contributed by atoms with van der Waals surface area (Å²) >= 11 is 5.60. The molecule has 0 spiro atoms. The van der Waals surface area contributed by atoms with Crippen molar-refractivity contribution < 1.29 is 24.6 Å². The van der Waals surface area contributed by atoms with E-state index in [4.69, 9.17) is 22.4 Å². The average molecular weight is 287 g/mol. The van der Waals surface area contributed by atoms with E-state index in [1.54, 1.807) is 0 Å². The van der Waals surface area contributed by atoms with Crippen LogP contribution in [0.1, 0.15) is 16.8 Å². The van der Waals surface area contributed by atoms with Crippen molar-refractivity contribution in [1.29, 1.82) is 0 Å². The van der Waals surface area contributed by atoms with Gasteiger partial charge in [0.2, 0.25) is 5.91 Å². The minimum absolute atomic E-state index is 0.153. The number of nitrogens with two attached hydrogens (primary N) is 1. The van der Waals surface area contributed by atoms with Crippen molar-refractivity contribution in [3.63, 3.8) is 0 Å². The highest BCUT2D eigenvalue weighted by atomic mass is 35.5. The Balaban J connectivity index is 2.87. The smallest absolute Gasteiger partial charge is 0.326 e. The second-order valence-corrected chi connectivity index (χ2v) is 4.13. The molecule has 8 heteroatoms. The van der Waals surface area contributed by atoms with Crippen LogP contribution in [-0.4, -0.2) is 34.0 Å². The van der Waals surface area contributed by atoms with E-state index in [9.17, 15) is 19.5 Å². The summed E-state index contributed by atoms with van der Waals surface area (Å²) in [6, 6.07) is 2.27. The van der Waals surface area contributed by atoms with Crippen molar-refractivity contribution in [2.45, 2.75) is 12.5 Å². The molecule has 1 atom stereocenters. The fourth-order valence-corrected chi connectivity index (χ4v) is 1.50. The van der Waals surface area contributed by atoms with Gasteiger partial charge in [0.25, 0.3) is 5.91 Å². The molecule has 0 fully saturated rings. The van der Waals surface area contributed by atoms with Gasteiger partial charge in [-0.3, -0.25) is 9.59 Å². The predicted molar refractivity (Wildman–Crippen MR) is 65.8 cm³/mol. The van der Waals surface area contributed by atoms with E-state index in [0.29, 0.717) is 0 Å². The quantitative estimate of drug-likeness (QED) is 0.610. The molecule has 0 aliphatic carbocycles. The number of phenols is 1. The summed E-state index contributed by atoms with van der Waals surface area (Å²) in [6.45, 7) is 0. The normalized spacial score (nSPS) is 11.6. The molecule has 0 aliphatic heterocycles. The van der Waals surface area contributed by atoms with Crippen LogP contribution in [-0.2, 0) is 9.59 Å². The number of carboxylic acid groups (broad SMARTS) is 1. The summed E-state index contributed by atoms with van der Waals surface area (Å²) in [5.74, 6) is -3.51. The molecule has 2 amide bonds. The lowest BCUT2D eigenvalue weighted by Crippen LogP contribution is -2.43. The monoisotopic (exact) mass is 286 g/mol. The standard InChI is InChI=1S/C11H11ClN2O5/c12-5-1-2-6(8(15)3-5)10(17)14-7(11(18)19)4-9(13)16/h1-3,7,15H,4H2,(H2,13,16)(H,14,17)(H,18,19). The Labute approximate surface area is 113 Å². The van der Waals surface area contributed by atoms with Gasteiger partial charge >= 0.3 is 5.97 Å². The zero-order valence-corrected chi connectivity index (χ0v) is 10.3. The minimum atomic E-state index is -1.46. The molecule has 102 valence electrons. The van der Waals surface area contributed by atoms with Gasteiger partial charge in [0.05, 0.1) is 12.0 Å². The van der Waals surface area contributed by atoms with Crippen LogP contribution >= 0.6 is 11.6 Å². The first-order valence-electron chi connectivity index (χ1n) is 5.11. The fraction of sp³-hybridized carbons (Fsp3) is 0.182. The number of carbonyl (C=O) groups excluding carboxylic acids is 2. The summed E-state index contributed by atoms with van der Waals surface area (Å²) in [4.78, 5) is 33.3. The number of phenolic OH excluding ortho intramolecular Hbond substituents is 1. The summed E-state index contributed by atoms with van der Waals surface area (Å²) in [5.41, 5.74) is 4.72. The number of primary amides is 1. The molecule has 0 aliphatic rings. The molecule has 5 N–H and O–H groups in total. The third-order valence-corrected chi connectivity index (χ3v) is 2.45. The molecule has 1 unspecified atom stereocenters. The van der Waals surface area contributed by atoms with Crippen molar-refractivity contribution in [2.24, 2.45) is 5.73 Å². The molecule has 0 aromatic heterocycles. The summed E-state index contributed by atoms with van der Waals surface area (Å²) in [7, 11) is 0. The first-order valence-corrected chi connectivity index (χ1v) is 5.49. The topological polar surface area (TPSA) is 130 Å². The number of benzene rings is 1. The Morgan fingerprint density at radius 1 is 1.37 bits per heavy atom. The zero-order valence-electron chi connectivity index (χ0n) is 9.59. The third-order valence-electron chi connectivity index (χ3n) is 2.21. The Bertz CT molecular complexity index is 532. The second kappa shape index (κ2) is 6.05. The maximum Gasteiger partial charge on any atom is 0.326 e. The number of hydrogen-bond acceptors (Lipinski definition) is 4. The van der Waals surface area contributed by atoms with E-state index in [1.165, 1.54) is 12.1 Å². The average Bonchev–Trinajstić information content (AvgIpc) is 2.26. The number of aromatic hydroxyl groups is 1. The largest absolute Gasteiger partial charge is 0.507 e. The van der Waals surface area contributed by atoms with Crippen LogP contribution in [0.15, 0.2) is 18.2 Å². The molecule has 1 aromatic carbocycles. The lowest BCUT2D eigenvalue weighted by Gasteiger charge is -2.13. The zero-order chi connectivity index (χ0) is 14.6. The molecular weight excluding hydrogens is 276 g/mol. The number of halogens is 1. The van der Waals surface area contributed by atoms with Crippen LogP contribution in [0.2, 0.25) is 5.02 Å². The number of nitrogens with one attached hydrogen (secondary N) is 1. The number of carboxylic acids is 1. The highest BCUT2D eigenvalue weighted by Gasteiger charge is 2.23. The number of hydrogen-bond donors (Lipinski definition) is 4. The molecule has 7 nitrogen and oxygen atoms in total. The summed E-state index contributed by atoms with van der Waals surface area (Å²) < 4.78 is 0. The Morgan fingerprint density at radius 3 is 2.47 bits per heavy atom. The van der Waals surface area contributed by atoms with Crippen LogP contribution < -0.4 is 11.1 Å². The lowest BCUT2D eigenvalue weighted by atomic mass is 10.1. The van der Waals surface area contributed by atoms with Gasteiger partial charge in [0, 0.05) is 5.02 Å². The Kier molecular flexibility index (Phi) is 4.71. The van der Waals surface area contributed by atoms with Gasteiger partial charge in [-0.05, 0) is 18.2 Å². The molecule has 1 rings (SSSR count). The lowest BCUT2D eigenvalue weighted by molar-refractivity contribution is -0.140.